The third kappa shape index (κ3) is 4.06. The molecule has 1 fully saturated rings. The van der Waals surface area contributed by atoms with Gasteiger partial charge in [0.1, 0.15) is 11.9 Å². The predicted octanol–water partition coefficient (Wildman–Crippen LogP) is 3.82. The maximum absolute atomic E-state index is 14.4. The maximum atomic E-state index is 14.4. The van der Waals surface area contributed by atoms with E-state index < -0.39 is 5.82 Å². The van der Waals surface area contributed by atoms with E-state index in [0.717, 1.165) is 19.6 Å². The SMILES string of the molecule is CCN1CCN(C(=O)c2ccc(-n3ncc(-c4ccc(C#N)c(F)c4C)c3N=O)nc2)[C@@H](C)C1. The van der Waals surface area contributed by atoms with Gasteiger partial charge in [0.25, 0.3) is 5.91 Å². The average Bonchev–Trinajstić information content (AvgIpc) is 3.29. The number of rotatable bonds is 5. The molecule has 34 heavy (non-hydrogen) atoms. The van der Waals surface area contributed by atoms with Crippen LogP contribution in [0.15, 0.2) is 41.8 Å². The molecular weight excluding hydrogens is 437 g/mol. The van der Waals surface area contributed by atoms with Crippen molar-refractivity contribution in [3.8, 4) is 23.0 Å². The molecule has 3 heterocycles. The van der Waals surface area contributed by atoms with Gasteiger partial charge in [-0.3, -0.25) is 9.69 Å². The maximum Gasteiger partial charge on any atom is 0.255 e. The lowest BCUT2D eigenvalue weighted by atomic mass is 9.99. The van der Waals surface area contributed by atoms with Gasteiger partial charge in [0.2, 0.25) is 5.82 Å². The van der Waals surface area contributed by atoms with Gasteiger partial charge in [-0.05, 0) is 54.9 Å². The lowest BCUT2D eigenvalue weighted by molar-refractivity contribution is 0.0499. The number of hydrogen-bond donors (Lipinski definition) is 0. The standard InChI is InChI=1S/C24H24FN7O2/c1-4-30-9-10-31(15(2)14-30)24(33)18-6-8-21(27-12-18)32-23(29-34)20(13-28-32)19-7-5-17(11-26)22(25)16(19)3/h5-8,12-13,15H,4,9-10,14H2,1-3H3/t15-/m0/s1. The van der Waals surface area contributed by atoms with Crippen molar-refractivity contribution in [2.45, 2.75) is 26.8 Å². The lowest BCUT2D eigenvalue weighted by Gasteiger charge is -2.39. The van der Waals surface area contributed by atoms with Crippen LogP contribution in [0.5, 0.6) is 0 Å². The number of nitriles is 1. The molecule has 174 valence electrons. The molecule has 3 aromatic rings. The molecule has 0 N–H and O–H groups in total. The van der Waals surface area contributed by atoms with E-state index in [1.165, 1.54) is 30.1 Å². The summed E-state index contributed by atoms with van der Waals surface area (Å²) in [5, 5.41) is 16.3. The summed E-state index contributed by atoms with van der Waals surface area (Å²) in [5.41, 5.74) is 1.31. The molecule has 1 aliphatic heterocycles. The number of pyridine rings is 1. The number of carbonyl (C=O) groups excluding carboxylic acids is 1. The molecule has 1 saturated heterocycles. The first kappa shape index (κ1) is 23.2. The molecule has 10 heteroatoms. The molecule has 1 aliphatic rings. The summed E-state index contributed by atoms with van der Waals surface area (Å²) in [4.78, 5) is 33.2. The zero-order valence-electron chi connectivity index (χ0n) is 19.2. The third-order valence-corrected chi connectivity index (χ3v) is 6.26. The van der Waals surface area contributed by atoms with Crippen LogP contribution in [0.3, 0.4) is 0 Å². The van der Waals surface area contributed by atoms with E-state index in [4.69, 9.17) is 5.26 Å². The Kier molecular flexibility index (Phi) is 6.47. The van der Waals surface area contributed by atoms with Crippen molar-refractivity contribution in [2.24, 2.45) is 5.18 Å². The molecule has 2 aromatic heterocycles. The quantitative estimate of drug-likeness (QED) is 0.535. The van der Waals surface area contributed by atoms with Crippen LogP contribution in [0.2, 0.25) is 0 Å². The molecular formula is C24H24FN7O2. The van der Waals surface area contributed by atoms with Gasteiger partial charge in [0, 0.05) is 31.9 Å². The van der Waals surface area contributed by atoms with Crippen LogP contribution in [0.1, 0.15) is 35.3 Å². The number of aromatic nitrogens is 3. The Morgan fingerprint density at radius 1 is 1.24 bits per heavy atom. The summed E-state index contributed by atoms with van der Waals surface area (Å²) in [5.74, 6) is -0.503. The molecule has 0 bridgehead atoms. The highest BCUT2D eigenvalue weighted by Gasteiger charge is 2.28. The monoisotopic (exact) mass is 461 g/mol. The molecule has 0 spiro atoms. The fourth-order valence-corrected chi connectivity index (χ4v) is 4.28. The molecule has 0 unspecified atom stereocenters. The van der Waals surface area contributed by atoms with E-state index in [-0.39, 0.29) is 28.9 Å². The number of amides is 1. The fourth-order valence-electron chi connectivity index (χ4n) is 4.28. The molecule has 1 amide bonds. The number of likely N-dealkylation sites (N-methyl/N-ethyl adjacent to an activating group) is 1. The van der Waals surface area contributed by atoms with Crippen molar-refractivity contribution in [1.82, 2.24) is 24.6 Å². The summed E-state index contributed by atoms with van der Waals surface area (Å²) < 4.78 is 15.7. The van der Waals surface area contributed by atoms with Gasteiger partial charge in [-0.1, -0.05) is 13.0 Å². The minimum absolute atomic E-state index is 0.0527. The van der Waals surface area contributed by atoms with Crippen molar-refractivity contribution >= 4 is 11.7 Å². The second-order valence-electron chi connectivity index (χ2n) is 8.24. The van der Waals surface area contributed by atoms with Crippen molar-refractivity contribution in [1.29, 1.82) is 5.26 Å². The van der Waals surface area contributed by atoms with Gasteiger partial charge in [-0.15, -0.1) is 4.91 Å². The van der Waals surface area contributed by atoms with Crippen LogP contribution in [0.4, 0.5) is 10.2 Å². The van der Waals surface area contributed by atoms with Gasteiger partial charge in [0.15, 0.2) is 5.82 Å². The zero-order chi connectivity index (χ0) is 24.4. The molecule has 0 radical (unpaired) electrons. The zero-order valence-corrected chi connectivity index (χ0v) is 19.2. The molecule has 1 aromatic carbocycles. The Balaban J connectivity index is 1.62. The number of hydrogen-bond acceptors (Lipinski definition) is 7. The van der Waals surface area contributed by atoms with E-state index in [0.29, 0.717) is 29.1 Å². The Morgan fingerprint density at radius 3 is 2.65 bits per heavy atom. The van der Waals surface area contributed by atoms with E-state index in [2.05, 4.69) is 27.1 Å². The molecule has 0 saturated carbocycles. The Morgan fingerprint density at radius 2 is 2.03 bits per heavy atom. The smallest absolute Gasteiger partial charge is 0.255 e. The molecule has 0 aliphatic carbocycles. The van der Waals surface area contributed by atoms with Crippen LogP contribution < -0.4 is 0 Å². The number of nitrogens with zero attached hydrogens (tertiary/aromatic N) is 7. The summed E-state index contributed by atoms with van der Waals surface area (Å²) in [7, 11) is 0. The van der Waals surface area contributed by atoms with Gasteiger partial charge in [-0.25, -0.2) is 9.37 Å². The second kappa shape index (κ2) is 9.49. The Hall–Kier alpha value is -3.97. The van der Waals surface area contributed by atoms with Crippen LogP contribution in [-0.2, 0) is 0 Å². The van der Waals surface area contributed by atoms with E-state index in [9.17, 15) is 14.1 Å². The molecule has 9 nitrogen and oxygen atoms in total. The van der Waals surface area contributed by atoms with Gasteiger partial charge in [-0.2, -0.15) is 15.0 Å². The van der Waals surface area contributed by atoms with E-state index in [1.54, 1.807) is 24.3 Å². The van der Waals surface area contributed by atoms with E-state index in [1.807, 2.05) is 11.8 Å². The van der Waals surface area contributed by atoms with Gasteiger partial charge in [0.05, 0.1) is 22.9 Å². The number of halogens is 1. The van der Waals surface area contributed by atoms with Crippen LogP contribution >= 0.6 is 0 Å². The molecule has 4 rings (SSSR count). The first-order valence-electron chi connectivity index (χ1n) is 11.0. The first-order chi connectivity index (χ1) is 16.4. The number of benzene rings is 1. The van der Waals surface area contributed by atoms with Crippen molar-refractivity contribution in [3.05, 3.63) is 64.1 Å². The van der Waals surface area contributed by atoms with Crippen LogP contribution in [0, 0.1) is 29.0 Å². The summed E-state index contributed by atoms with van der Waals surface area (Å²) >= 11 is 0. The van der Waals surface area contributed by atoms with Crippen molar-refractivity contribution < 1.29 is 9.18 Å². The summed E-state index contributed by atoms with van der Waals surface area (Å²) in [6.45, 7) is 8.93. The van der Waals surface area contributed by atoms with Crippen molar-refractivity contribution in [2.75, 3.05) is 26.2 Å². The fraction of sp³-hybridized carbons (Fsp3) is 0.333. The normalized spacial score (nSPS) is 16.3. The number of piperazine rings is 1. The van der Waals surface area contributed by atoms with Gasteiger partial charge >= 0.3 is 0 Å². The second-order valence-corrected chi connectivity index (χ2v) is 8.24. The Labute approximate surface area is 196 Å². The minimum atomic E-state index is -0.653. The van der Waals surface area contributed by atoms with Crippen LogP contribution in [-0.4, -0.2) is 62.7 Å². The number of carbonyl (C=O) groups is 1. The van der Waals surface area contributed by atoms with Crippen molar-refractivity contribution in [3.63, 3.8) is 0 Å². The lowest BCUT2D eigenvalue weighted by Crippen LogP contribution is -2.53. The minimum Gasteiger partial charge on any atom is -0.333 e. The first-order valence-corrected chi connectivity index (χ1v) is 11.0. The van der Waals surface area contributed by atoms with E-state index >= 15 is 0 Å². The summed E-state index contributed by atoms with van der Waals surface area (Å²) in [6, 6.07) is 8.04. The number of nitroso groups, excluding NO2 is 1. The largest absolute Gasteiger partial charge is 0.333 e. The predicted molar refractivity (Wildman–Crippen MR) is 124 cm³/mol. The highest BCUT2D eigenvalue weighted by atomic mass is 19.1. The van der Waals surface area contributed by atoms with Crippen LogP contribution in [0.25, 0.3) is 16.9 Å². The molecule has 1 atom stereocenters. The Bertz CT molecular complexity index is 1280. The topological polar surface area (TPSA) is 107 Å². The average molecular weight is 462 g/mol. The summed E-state index contributed by atoms with van der Waals surface area (Å²) in [6.07, 6.45) is 2.86. The third-order valence-electron chi connectivity index (χ3n) is 6.26. The van der Waals surface area contributed by atoms with Gasteiger partial charge < -0.3 is 4.90 Å². The highest BCUT2D eigenvalue weighted by molar-refractivity contribution is 5.94. The highest BCUT2D eigenvalue weighted by Crippen LogP contribution is 2.35.